The molecule has 1 saturated heterocycles. The van der Waals surface area contributed by atoms with Crippen molar-refractivity contribution in [2.24, 2.45) is 0 Å². The molecule has 1 aromatic heterocycles. The highest BCUT2D eigenvalue weighted by atomic mass is 19.4. The molecule has 0 N–H and O–H groups in total. The molecule has 0 saturated carbocycles. The van der Waals surface area contributed by atoms with Crippen LogP contribution in [0.5, 0.6) is 5.75 Å². The average molecular weight is 380 g/mol. The van der Waals surface area contributed by atoms with E-state index in [4.69, 9.17) is 4.74 Å². The molecular formula is C18H19F3N4O2. The second-order valence-electron chi connectivity index (χ2n) is 6.23. The number of benzene rings is 1. The van der Waals surface area contributed by atoms with Gasteiger partial charge in [0, 0.05) is 32.2 Å². The Morgan fingerprint density at radius 2 is 1.89 bits per heavy atom. The first-order valence-electron chi connectivity index (χ1n) is 8.44. The average Bonchev–Trinajstić information content (AvgIpc) is 2.66. The summed E-state index contributed by atoms with van der Waals surface area (Å²) in [6.45, 7) is 3.43. The Morgan fingerprint density at radius 3 is 2.56 bits per heavy atom. The second kappa shape index (κ2) is 7.81. The maximum absolute atomic E-state index is 12.8. The summed E-state index contributed by atoms with van der Waals surface area (Å²) in [7, 11) is 0. The van der Waals surface area contributed by atoms with Crippen LogP contribution in [-0.4, -0.2) is 53.6 Å². The minimum atomic E-state index is -4.51. The van der Waals surface area contributed by atoms with Crippen molar-refractivity contribution in [3.8, 4) is 5.75 Å². The monoisotopic (exact) mass is 380 g/mol. The lowest BCUT2D eigenvalue weighted by atomic mass is 10.2. The Morgan fingerprint density at radius 1 is 1.15 bits per heavy atom. The van der Waals surface area contributed by atoms with Gasteiger partial charge in [-0.15, -0.1) is 0 Å². The molecule has 0 atom stereocenters. The van der Waals surface area contributed by atoms with Gasteiger partial charge in [-0.2, -0.15) is 13.2 Å². The number of hydrogen-bond donors (Lipinski definition) is 0. The maximum atomic E-state index is 12.8. The second-order valence-corrected chi connectivity index (χ2v) is 6.23. The predicted molar refractivity (Wildman–Crippen MR) is 92.5 cm³/mol. The fraction of sp³-hybridized carbons (Fsp3) is 0.389. The van der Waals surface area contributed by atoms with Gasteiger partial charge in [-0.05, 0) is 24.6 Å². The van der Waals surface area contributed by atoms with Crippen LogP contribution in [0.4, 0.5) is 19.0 Å². The van der Waals surface area contributed by atoms with Crippen LogP contribution < -0.4 is 9.64 Å². The van der Waals surface area contributed by atoms with E-state index in [1.807, 2.05) is 25.1 Å². The number of rotatable bonds is 4. The van der Waals surface area contributed by atoms with Crippen molar-refractivity contribution in [2.75, 3.05) is 37.7 Å². The molecule has 2 heterocycles. The van der Waals surface area contributed by atoms with E-state index in [1.54, 1.807) is 15.9 Å². The number of carbonyl (C=O) groups is 1. The van der Waals surface area contributed by atoms with Crippen molar-refractivity contribution in [1.29, 1.82) is 0 Å². The molecule has 0 aliphatic carbocycles. The molecule has 1 aliphatic heterocycles. The number of anilines is 1. The van der Waals surface area contributed by atoms with Crippen LogP contribution in [-0.2, 0) is 11.0 Å². The van der Waals surface area contributed by atoms with Crippen LogP contribution in [0.1, 0.15) is 11.3 Å². The lowest BCUT2D eigenvalue weighted by molar-refractivity contribution is -0.141. The fourth-order valence-corrected chi connectivity index (χ4v) is 2.80. The Labute approximate surface area is 154 Å². The minimum Gasteiger partial charge on any atom is -0.484 e. The Bertz CT molecular complexity index is 805. The van der Waals surface area contributed by atoms with E-state index < -0.39 is 11.9 Å². The number of halogens is 3. The molecule has 9 heteroatoms. The minimum absolute atomic E-state index is 0.0742. The Balaban J connectivity index is 1.53. The lowest BCUT2D eigenvalue weighted by Gasteiger charge is -2.35. The molecule has 1 aromatic carbocycles. The summed E-state index contributed by atoms with van der Waals surface area (Å²) in [5.41, 5.74) is 0.0641. The highest BCUT2D eigenvalue weighted by Gasteiger charge is 2.33. The van der Waals surface area contributed by atoms with Crippen molar-refractivity contribution < 1.29 is 22.7 Å². The third kappa shape index (κ3) is 4.87. The third-order valence-corrected chi connectivity index (χ3v) is 4.25. The molecule has 0 radical (unpaired) electrons. The summed E-state index contributed by atoms with van der Waals surface area (Å²) < 4.78 is 43.8. The number of amides is 1. The molecule has 2 aromatic rings. The zero-order valence-corrected chi connectivity index (χ0v) is 14.7. The van der Waals surface area contributed by atoms with Gasteiger partial charge in [0.15, 0.2) is 6.61 Å². The van der Waals surface area contributed by atoms with Gasteiger partial charge >= 0.3 is 6.18 Å². The molecule has 27 heavy (non-hydrogen) atoms. The van der Waals surface area contributed by atoms with Crippen molar-refractivity contribution in [1.82, 2.24) is 14.9 Å². The predicted octanol–water partition coefficient (Wildman–Crippen LogP) is 2.53. The molecule has 1 amide bonds. The number of ether oxygens (including phenoxy) is 1. The van der Waals surface area contributed by atoms with Gasteiger partial charge in [-0.1, -0.05) is 12.1 Å². The first-order valence-corrected chi connectivity index (χ1v) is 8.44. The molecule has 0 unspecified atom stereocenters. The highest BCUT2D eigenvalue weighted by Crippen LogP contribution is 2.29. The summed E-state index contributed by atoms with van der Waals surface area (Å²) >= 11 is 0. The number of nitrogens with zero attached hydrogens (tertiary/aromatic N) is 4. The van der Waals surface area contributed by atoms with Gasteiger partial charge in [0.1, 0.15) is 23.6 Å². The zero-order chi connectivity index (χ0) is 19.4. The van der Waals surface area contributed by atoms with Crippen LogP contribution in [0.3, 0.4) is 0 Å². The van der Waals surface area contributed by atoms with Crippen LogP contribution in [0.15, 0.2) is 36.7 Å². The first-order chi connectivity index (χ1) is 12.8. The number of aryl methyl sites for hydroxylation is 1. The SMILES string of the molecule is Cc1cccc(OCC(=O)N2CCN(c3cc(C(F)(F)F)ncn3)CC2)c1. The van der Waals surface area contributed by atoms with Gasteiger partial charge in [0.25, 0.3) is 5.91 Å². The van der Waals surface area contributed by atoms with E-state index in [9.17, 15) is 18.0 Å². The molecule has 144 valence electrons. The van der Waals surface area contributed by atoms with Gasteiger partial charge in [0.05, 0.1) is 0 Å². The quantitative estimate of drug-likeness (QED) is 0.816. The van der Waals surface area contributed by atoms with Gasteiger partial charge in [-0.3, -0.25) is 4.79 Å². The summed E-state index contributed by atoms with van der Waals surface area (Å²) in [5.74, 6) is 0.679. The fourth-order valence-electron chi connectivity index (χ4n) is 2.80. The molecule has 6 nitrogen and oxygen atoms in total. The van der Waals surface area contributed by atoms with E-state index in [2.05, 4.69) is 9.97 Å². The maximum Gasteiger partial charge on any atom is 0.433 e. The van der Waals surface area contributed by atoms with Crippen LogP contribution >= 0.6 is 0 Å². The van der Waals surface area contributed by atoms with Crippen molar-refractivity contribution >= 4 is 11.7 Å². The van der Waals surface area contributed by atoms with E-state index in [0.717, 1.165) is 18.0 Å². The lowest BCUT2D eigenvalue weighted by Crippen LogP contribution is -2.50. The summed E-state index contributed by atoms with van der Waals surface area (Å²) in [6.07, 6.45) is -3.60. The molecule has 1 fully saturated rings. The summed E-state index contributed by atoms with van der Waals surface area (Å²) in [6, 6.07) is 8.35. The van der Waals surface area contributed by atoms with Crippen molar-refractivity contribution in [3.63, 3.8) is 0 Å². The Kier molecular flexibility index (Phi) is 5.48. The van der Waals surface area contributed by atoms with Crippen LogP contribution in [0, 0.1) is 6.92 Å². The largest absolute Gasteiger partial charge is 0.484 e. The van der Waals surface area contributed by atoms with Crippen LogP contribution in [0.2, 0.25) is 0 Å². The third-order valence-electron chi connectivity index (χ3n) is 4.25. The number of alkyl halides is 3. The summed E-state index contributed by atoms with van der Waals surface area (Å²) in [4.78, 5) is 22.8. The van der Waals surface area contributed by atoms with Crippen LogP contribution in [0.25, 0.3) is 0 Å². The zero-order valence-electron chi connectivity index (χ0n) is 14.7. The Hall–Kier alpha value is -2.84. The first kappa shape index (κ1) is 18.9. The number of carbonyl (C=O) groups excluding carboxylic acids is 1. The van der Waals surface area contributed by atoms with E-state index >= 15 is 0 Å². The van der Waals surface area contributed by atoms with E-state index in [-0.39, 0.29) is 18.3 Å². The van der Waals surface area contributed by atoms with Gasteiger partial charge in [-0.25, -0.2) is 9.97 Å². The molecule has 3 rings (SSSR count). The van der Waals surface area contributed by atoms with Crippen molar-refractivity contribution in [2.45, 2.75) is 13.1 Å². The van der Waals surface area contributed by atoms with Gasteiger partial charge in [0.2, 0.25) is 0 Å². The standard InChI is InChI=1S/C18H19F3N4O2/c1-13-3-2-4-14(9-13)27-11-17(26)25-7-5-24(6-8-25)16-10-15(18(19,20)21)22-12-23-16/h2-4,9-10,12H,5-8,11H2,1H3. The normalized spacial score (nSPS) is 15.0. The van der Waals surface area contributed by atoms with Gasteiger partial charge < -0.3 is 14.5 Å². The topological polar surface area (TPSA) is 58.6 Å². The number of hydrogen-bond acceptors (Lipinski definition) is 5. The molecule has 0 spiro atoms. The van der Waals surface area contributed by atoms with E-state index in [1.165, 1.54) is 0 Å². The summed E-state index contributed by atoms with van der Waals surface area (Å²) in [5, 5.41) is 0. The molecule has 1 aliphatic rings. The molecular weight excluding hydrogens is 361 g/mol. The van der Waals surface area contributed by atoms with Crippen molar-refractivity contribution in [3.05, 3.63) is 47.9 Å². The van der Waals surface area contributed by atoms with E-state index in [0.29, 0.717) is 31.9 Å². The number of piperazine rings is 1. The smallest absolute Gasteiger partial charge is 0.433 e. The molecule has 0 bridgehead atoms. The number of aromatic nitrogens is 2. The highest BCUT2D eigenvalue weighted by molar-refractivity contribution is 5.78.